The van der Waals surface area contributed by atoms with E-state index in [1.807, 2.05) is 36.0 Å². The van der Waals surface area contributed by atoms with E-state index < -0.39 is 0 Å². The van der Waals surface area contributed by atoms with E-state index in [-0.39, 0.29) is 0 Å². The van der Waals surface area contributed by atoms with Gasteiger partial charge in [0.2, 0.25) is 5.95 Å². The van der Waals surface area contributed by atoms with Crippen LogP contribution in [0.5, 0.6) is 0 Å². The quantitative estimate of drug-likeness (QED) is 0.780. The van der Waals surface area contributed by atoms with Crippen LogP contribution in [-0.4, -0.2) is 44.9 Å². The second kappa shape index (κ2) is 4.76. The van der Waals surface area contributed by atoms with Gasteiger partial charge < -0.3 is 10.2 Å². The van der Waals surface area contributed by atoms with Gasteiger partial charge in [-0.15, -0.1) is 0 Å². The van der Waals surface area contributed by atoms with Gasteiger partial charge in [0.1, 0.15) is 0 Å². The minimum Gasteiger partial charge on any atom is -0.338 e. The van der Waals surface area contributed by atoms with Crippen molar-refractivity contribution in [3.8, 4) is 5.82 Å². The molecule has 0 radical (unpaired) electrons. The molecule has 0 saturated carbocycles. The number of para-hydroxylation sites is 1. The molecule has 6 nitrogen and oxygen atoms in total. The van der Waals surface area contributed by atoms with Gasteiger partial charge in [-0.3, -0.25) is 0 Å². The fourth-order valence-electron chi connectivity index (χ4n) is 3.62. The van der Waals surface area contributed by atoms with Gasteiger partial charge in [-0.05, 0) is 19.4 Å². The van der Waals surface area contributed by atoms with Crippen LogP contribution in [0.3, 0.4) is 0 Å². The van der Waals surface area contributed by atoms with Crippen molar-refractivity contribution in [1.29, 1.82) is 0 Å². The molecule has 1 aromatic carbocycles. The summed E-state index contributed by atoms with van der Waals surface area (Å²) in [6.07, 6.45) is 3.16. The average molecular weight is 306 g/mol. The molecule has 6 heteroatoms. The van der Waals surface area contributed by atoms with Crippen LogP contribution in [0.4, 0.5) is 5.95 Å². The molecule has 116 valence electrons. The molecule has 2 unspecified atom stereocenters. The van der Waals surface area contributed by atoms with Crippen LogP contribution >= 0.6 is 0 Å². The van der Waals surface area contributed by atoms with E-state index in [4.69, 9.17) is 4.98 Å². The molecule has 0 amide bonds. The first-order valence-corrected chi connectivity index (χ1v) is 8.06. The summed E-state index contributed by atoms with van der Waals surface area (Å²) in [6.45, 7) is 3.99. The number of aryl methyl sites for hydroxylation is 1. The van der Waals surface area contributed by atoms with E-state index >= 15 is 0 Å². The van der Waals surface area contributed by atoms with Crippen LogP contribution in [0.25, 0.3) is 16.7 Å². The monoisotopic (exact) mass is 306 g/mol. The SMILES string of the molecule is Cc1cc(-n2ncc3ccccc32)nc(N2CC3CC(C2)N3)n1. The fourth-order valence-corrected chi connectivity index (χ4v) is 3.62. The first-order valence-electron chi connectivity index (χ1n) is 8.06. The highest BCUT2D eigenvalue weighted by Crippen LogP contribution is 2.25. The predicted octanol–water partition coefficient (Wildman–Crippen LogP) is 1.67. The highest BCUT2D eigenvalue weighted by Gasteiger charge is 2.37. The molecule has 5 heterocycles. The van der Waals surface area contributed by atoms with Crippen molar-refractivity contribution in [3.63, 3.8) is 0 Å². The summed E-state index contributed by atoms with van der Waals surface area (Å²) >= 11 is 0. The lowest BCUT2D eigenvalue weighted by atomic mass is 9.92. The molecular formula is C17H18N6. The van der Waals surface area contributed by atoms with Crippen LogP contribution in [0.15, 0.2) is 36.5 Å². The second-order valence-corrected chi connectivity index (χ2v) is 6.48. The Kier molecular flexibility index (Phi) is 2.69. The van der Waals surface area contributed by atoms with Crippen molar-refractivity contribution in [1.82, 2.24) is 25.1 Å². The predicted molar refractivity (Wildman–Crippen MR) is 88.9 cm³/mol. The Morgan fingerprint density at radius 1 is 1.13 bits per heavy atom. The highest BCUT2D eigenvalue weighted by atomic mass is 15.4. The molecule has 3 aliphatic rings. The molecular weight excluding hydrogens is 288 g/mol. The molecule has 23 heavy (non-hydrogen) atoms. The first kappa shape index (κ1) is 13.0. The van der Waals surface area contributed by atoms with Crippen LogP contribution in [0, 0.1) is 6.92 Å². The Labute approximate surface area is 134 Å². The van der Waals surface area contributed by atoms with Crippen LogP contribution < -0.4 is 10.2 Å². The maximum atomic E-state index is 4.79. The Hall–Kier alpha value is -2.47. The Bertz CT molecular complexity index is 870. The van der Waals surface area contributed by atoms with E-state index in [0.717, 1.165) is 41.5 Å². The van der Waals surface area contributed by atoms with Gasteiger partial charge in [-0.2, -0.15) is 10.1 Å². The summed E-state index contributed by atoms with van der Waals surface area (Å²) in [5, 5.41) is 9.18. The Morgan fingerprint density at radius 3 is 2.74 bits per heavy atom. The maximum absolute atomic E-state index is 4.79. The number of rotatable bonds is 2. The zero-order valence-electron chi connectivity index (χ0n) is 13.0. The summed E-state index contributed by atoms with van der Waals surface area (Å²) in [7, 11) is 0. The topological polar surface area (TPSA) is 58.9 Å². The zero-order chi connectivity index (χ0) is 15.4. The van der Waals surface area contributed by atoms with E-state index in [9.17, 15) is 0 Å². The molecule has 6 rings (SSSR count). The lowest BCUT2D eigenvalue weighted by Crippen LogP contribution is -2.67. The number of piperidine rings is 1. The molecule has 3 saturated heterocycles. The van der Waals surface area contributed by atoms with Gasteiger partial charge in [0.05, 0.1) is 11.7 Å². The molecule has 3 fully saturated rings. The van der Waals surface area contributed by atoms with Crippen molar-refractivity contribution < 1.29 is 0 Å². The average Bonchev–Trinajstić information content (AvgIpc) is 2.98. The minimum absolute atomic E-state index is 0.590. The van der Waals surface area contributed by atoms with Crippen LogP contribution in [0.2, 0.25) is 0 Å². The number of fused-ring (bicyclic) bond motifs is 3. The van der Waals surface area contributed by atoms with Crippen LogP contribution in [0.1, 0.15) is 12.1 Å². The van der Waals surface area contributed by atoms with E-state index in [1.54, 1.807) is 0 Å². The Morgan fingerprint density at radius 2 is 1.91 bits per heavy atom. The van der Waals surface area contributed by atoms with Gasteiger partial charge in [0, 0.05) is 42.3 Å². The molecule has 2 atom stereocenters. The summed E-state index contributed by atoms with van der Waals surface area (Å²) in [5.41, 5.74) is 2.04. The van der Waals surface area contributed by atoms with Gasteiger partial charge in [-0.25, -0.2) is 9.67 Å². The highest BCUT2D eigenvalue weighted by molar-refractivity contribution is 5.79. The largest absolute Gasteiger partial charge is 0.338 e. The van der Waals surface area contributed by atoms with Crippen molar-refractivity contribution in [2.75, 3.05) is 18.0 Å². The van der Waals surface area contributed by atoms with E-state index in [1.165, 1.54) is 6.42 Å². The molecule has 3 aromatic rings. The third-order valence-corrected chi connectivity index (χ3v) is 4.73. The van der Waals surface area contributed by atoms with E-state index in [0.29, 0.717) is 12.1 Å². The number of anilines is 1. The summed E-state index contributed by atoms with van der Waals surface area (Å²) in [5.74, 6) is 1.65. The van der Waals surface area contributed by atoms with Gasteiger partial charge >= 0.3 is 0 Å². The Balaban J connectivity index is 1.58. The third-order valence-electron chi connectivity index (χ3n) is 4.73. The van der Waals surface area contributed by atoms with Crippen molar-refractivity contribution in [3.05, 3.63) is 42.2 Å². The molecule has 1 N–H and O–H groups in total. The first-order chi connectivity index (χ1) is 11.3. The van der Waals surface area contributed by atoms with Crippen molar-refractivity contribution >= 4 is 16.9 Å². The number of nitrogens with zero attached hydrogens (tertiary/aromatic N) is 5. The number of aromatic nitrogens is 4. The standard InChI is InChI=1S/C17H18N6/c1-11-6-16(23-15-5-3-2-4-12(15)8-18-23)21-17(19-11)22-9-13-7-14(10-22)20-13/h2-6,8,13-14,20H,7,9-10H2,1H3. The maximum Gasteiger partial charge on any atom is 0.227 e. The number of hydrogen-bond acceptors (Lipinski definition) is 5. The zero-order valence-corrected chi connectivity index (χ0v) is 13.0. The third kappa shape index (κ3) is 2.09. The molecule has 3 aliphatic heterocycles. The normalized spacial score (nSPS) is 23.1. The number of piperazine rings is 1. The smallest absolute Gasteiger partial charge is 0.227 e. The summed E-state index contributed by atoms with van der Waals surface area (Å²) in [4.78, 5) is 11.7. The van der Waals surface area contributed by atoms with Crippen molar-refractivity contribution in [2.45, 2.75) is 25.4 Å². The van der Waals surface area contributed by atoms with Gasteiger partial charge in [-0.1, -0.05) is 18.2 Å². The lowest BCUT2D eigenvalue weighted by molar-refractivity contribution is 0.224. The minimum atomic E-state index is 0.590. The van der Waals surface area contributed by atoms with E-state index in [2.05, 4.69) is 32.4 Å². The number of hydrogen-bond donors (Lipinski definition) is 1. The molecule has 2 aromatic heterocycles. The lowest BCUT2D eigenvalue weighted by Gasteiger charge is -2.48. The fraction of sp³-hybridized carbons (Fsp3) is 0.353. The summed E-state index contributed by atoms with van der Waals surface area (Å²) < 4.78 is 1.90. The second-order valence-electron chi connectivity index (χ2n) is 6.48. The van der Waals surface area contributed by atoms with Crippen molar-refractivity contribution in [2.24, 2.45) is 0 Å². The molecule has 0 aliphatic carbocycles. The van der Waals surface area contributed by atoms with Crippen LogP contribution in [-0.2, 0) is 0 Å². The number of benzene rings is 1. The summed E-state index contributed by atoms with van der Waals surface area (Å²) in [6, 6.07) is 11.4. The van der Waals surface area contributed by atoms with Gasteiger partial charge in [0.15, 0.2) is 5.82 Å². The number of nitrogens with one attached hydrogen (secondary N) is 1. The molecule has 2 bridgehead atoms. The van der Waals surface area contributed by atoms with Gasteiger partial charge in [0.25, 0.3) is 0 Å². The molecule has 0 spiro atoms.